The second-order valence-corrected chi connectivity index (χ2v) is 6.59. The summed E-state index contributed by atoms with van der Waals surface area (Å²) < 4.78 is 8.54. The van der Waals surface area contributed by atoms with Gasteiger partial charge in [0.15, 0.2) is 0 Å². The van der Waals surface area contributed by atoms with Crippen molar-refractivity contribution in [3.8, 4) is 0 Å². The first-order valence-corrected chi connectivity index (χ1v) is 8.33. The molecule has 0 radical (unpaired) electrons. The van der Waals surface area contributed by atoms with Gasteiger partial charge in [-0.2, -0.15) is 0 Å². The highest BCUT2D eigenvalue weighted by atomic mass is 79.9. The Hall–Kier alpha value is -0.850. The van der Waals surface area contributed by atoms with E-state index in [4.69, 9.17) is 10.5 Å². The number of nitrogens with one attached hydrogen (secondary N) is 1. The summed E-state index contributed by atoms with van der Waals surface area (Å²) in [7, 11) is 1.86. The average Bonchev–Trinajstić information content (AvgIpc) is 2.79. The van der Waals surface area contributed by atoms with Crippen molar-refractivity contribution >= 4 is 21.8 Å². The van der Waals surface area contributed by atoms with Crippen LogP contribution in [0.25, 0.3) is 0 Å². The third-order valence-corrected chi connectivity index (χ3v) is 4.32. The normalized spacial score (nSPS) is 22.2. The second-order valence-electron chi connectivity index (χ2n) is 5.67. The minimum Gasteiger partial charge on any atom is -0.378 e. The molecule has 0 spiro atoms. The zero-order valence-corrected chi connectivity index (χ0v) is 14.1. The van der Waals surface area contributed by atoms with Crippen molar-refractivity contribution in [3.63, 3.8) is 0 Å². The Kier molecular flexibility index (Phi) is 6.26. The van der Waals surface area contributed by atoms with E-state index in [1.807, 2.05) is 19.3 Å². The van der Waals surface area contributed by atoms with Crippen molar-refractivity contribution in [2.24, 2.45) is 12.8 Å². The number of aryl methyl sites for hydroxylation is 1. The van der Waals surface area contributed by atoms with Gasteiger partial charge in [-0.25, -0.2) is 0 Å². The highest BCUT2D eigenvalue weighted by molar-refractivity contribution is 9.10. The molecule has 0 unspecified atom stereocenters. The fraction of sp³-hybridized carbons (Fsp3) is 0.667. The first-order chi connectivity index (χ1) is 10.1. The lowest BCUT2D eigenvalue weighted by atomic mass is 9.94. The smallest absolute Gasteiger partial charge is 0.267 e. The van der Waals surface area contributed by atoms with Gasteiger partial charge in [0, 0.05) is 36.9 Å². The van der Waals surface area contributed by atoms with Gasteiger partial charge in [-0.1, -0.05) is 0 Å². The van der Waals surface area contributed by atoms with E-state index in [1.165, 1.54) is 0 Å². The van der Waals surface area contributed by atoms with Crippen LogP contribution in [0.4, 0.5) is 0 Å². The van der Waals surface area contributed by atoms with E-state index in [1.54, 1.807) is 4.57 Å². The largest absolute Gasteiger partial charge is 0.378 e. The number of nitrogens with two attached hydrogens (primary N) is 1. The van der Waals surface area contributed by atoms with Gasteiger partial charge in [0.2, 0.25) is 0 Å². The molecular weight excluding hydrogens is 334 g/mol. The van der Waals surface area contributed by atoms with E-state index < -0.39 is 0 Å². The molecule has 1 saturated carbocycles. The predicted octanol–water partition coefficient (Wildman–Crippen LogP) is 2.19. The fourth-order valence-corrected chi connectivity index (χ4v) is 3.14. The molecular formula is C15H24BrN3O2. The summed E-state index contributed by atoms with van der Waals surface area (Å²) in [5.41, 5.74) is 6.52. The van der Waals surface area contributed by atoms with Crippen LogP contribution >= 0.6 is 15.9 Å². The molecule has 6 heteroatoms. The Morgan fingerprint density at radius 2 is 2.19 bits per heavy atom. The number of rotatable bonds is 6. The Bertz CT molecular complexity index is 467. The minimum atomic E-state index is -0.0492. The summed E-state index contributed by atoms with van der Waals surface area (Å²) in [5, 5.41) is 2.92. The maximum atomic E-state index is 12.0. The van der Waals surface area contributed by atoms with Crippen molar-refractivity contribution in [1.29, 1.82) is 0 Å². The highest BCUT2D eigenvalue weighted by Gasteiger charge is 2.18. The summed E-state index contributed by atoms with van der Waals surface area (Å²) in [6.07, 6.45) is 7.29. The molecule has 1 aliphatic carbocycles. The lowest BCUT2D eigenvalue weighted by molar-refractivity contribution is 0.0241. The molecule has 2 rings (SSSR count). The number of hydrogen-bond acceptors (Lipinski definition) is 3. The maximum absolute atomic E-state index is 12.0. The van der Waals surface area contributed by atoms with Gasteiger partial charge < -0.3 is 20.4 Å². The van der Waals surface area contributed by atoms with Gasteiger partial charge in [-0.3, -0.25) is 4.79 Å². The molecule has 1 heterocycles. The number of ether oxygens (including phenoxy) is 1. The molecule has 0 saturated heterocycles. The molecule has 21 heavy (non-hydrogen) atoms. The zero-order chi connectivity index (χ0) is 15.2. The Morgan fingerprint density at radius 1 is 1.48 bits per heavy atom. The number of halogens is 1. The van der Waals surface area contributed by atoms with Gasteiger partial charge in [-0.15, -0.1) is 0 Å². The molecule has 0 aliphatic heterocycles. The standard InChI is InChI=1S/C15H24BrN3O2/c1-19-10-11(16)9-14(19)15(20)18-7-2-8-21-13-5-3-12(17)4-6-13/h9-10,12-13H,2-8,17H2,1H3,(H,18,20). The van der Waals surface area contributed by atoms with Crippen molar-refractivity contribution in [1.82, 2.24) is 9.88 Å². The van der Waals surface area contributed by atoms with Gasteiger partial charge in [0.25, 0.3) is 5.91 Å². The first-order valence-electron chi connectivity index (χ1n) is 7.53. The monoisotopic (exact) mass is 357 g/mol. The van der Waals surface area contributed by atoms with Crippen molar-refractivity contribution in [3.05, 3.63) is 22.4 Å². The molecule has 1 aromatic heterocycles. The Balaban J connectivity index is 1.59. The molecule has 1 aromatic rings. The summed E-state index contributed by atoms with van der Waals surface area (Å²) in [5.74, 6) is -0.0492. The van der Waals surface area contributed by atoms with Crippen LogP contribution in [0.1, 0.15) is 42.6 Å². The van der Waals surface area contributed by atoms with E-state index in [-0.39, 0.29) is 5.91 Å². The van der Waals surface area contributed by atoms with Crippen molar-refractivity contribution in [2.75, 3.05) is 13.2 Å². The van der Waals surface area contributed by atoms with E-state index in [2.05, 4.69) is 21.2 Å². The quantitative estimate of drug-likeness (QED) is 0.766. The molecule has 3 N–H and O–H groups in total. The highest BCUT2D eigenvalue weighted by Crippen LogP contribution is 2.19. The number of aromatic nitrogens is 1. The number of carbonyl (C=O) groups is 1. The summed E-state index contributed by atoms with van der Waals surface area (Å²) in [4.78, 5) is 12.0. The van der Waals surface area contributed by atoms with Crippen LogP contribution in [0.3, 0.4) is 0 Å². The molecule has 0 bridgehead atoms. The van der Waals surface area contributed by atoms with Crippen LogP contribution in [0.15, 0.2) is 16.7 Å². The minimum absolute atomic E-state index is 0.0492. The van der Waals surface area contributed by atoms with E-state index >= 15 is 0 Å². The summed E-state index contributed by atoms with van der Waals surface area (Å²) in [6, 6.07) is 2.17. The molecule has 1 amide bonds. The molecule has 5 nitrogen and oxygen atoms in total. The summed E-state index contributed by atoms with van der Waals surface area (Å²) in [6.45, 7) is 1.32. The van der Waals surface area contributed by atoms with Crippen molar-refractivity contribution in [2.45, 2.75) is 44.2 Å². The number of nitrogens with zero attached hydrogens (tertiary/aromatic N) is 1. The number of carbonyl (C=O) groups excluding carboxylic acids is 1. The van der Waals surface area contributed by atoms with Crippen LogP contribution in [0.5, 0.6) is 0 Å². The molecule has 0 atom stereocenters. The van der Waals surface area contributed by atoms with Crippen LogP contribution in [-0.4, -0.2) is 35.8 Å². The van der Waals surface area contributed by atoms with Crippen LogP contribution in [0.2, 0.25) is 0 Å². The lowest BCUT2D eigenvalue weighted by Gasteiger charge is -2.26. The Morgan fingerprint density at radius 3 is 2.81 bits per heavy atom. The molecule has 1 aliphatic rings. The van der Waals surface area contributed by atoms with Crippen LogP contribution in [0, 0.1) is 0 Å². The van der Waals surface area contributed by atoms with E-state index in [9.17, 15) is 4.79 Å². The maximum Gasteiger partial charge on any atom is 0.267 e. The molecule has 0 aromatic carbocycles. The summed E-state index contributed by atoms with van der Waals surface area (Å²) >= 11 is 3.36. The van der Waals surface area contributed by atoms with Gasteiger partial charge in [0.05, 0.1) is 6.10 Å². The number of amides is 1. The first kappa shape index (κ1) is 16.5. The topological polar surface area (TPSA) is 69.3 Å². The van der Waals surface area contributed by atoms with Crippen LogP contribution in [-0.2, 0) is 11.8 Å². The van der Waals surface area contributed by atoms with Gasteiger partial charge >= 0.3 is 0 Å². The Labute approximate surface area is 134 Å². The fourth-order valence-electron chi connectivity index (χ4n) is 2.62. The third-order valence-electron chi connectivity index (χ3n) is 3.88. The number of hydrogen-bond donors (Lipinski definition) is 2. The van der Waals surface area contributed by atoms with Crippen molar-refractivity contribution < 1.29 is 9.53 Å². The zero-order valence-electron chi connectivity index (χ0n) is 12.5. The van der Waals surface area contributed by atoms with E-state index in [0.717, 1.165) is 36.6 Å². The lowest BCUT2D eigenvalue weighted by Crippen LogP contribution is -2.31. The van der Waals surface area contributed by atoms with E-state index in [0.29, 0.717) is 31.0 Å². The van der Waals surface area contributed by atoms with Crippen LogP contribution < -0.4 is 11.1 Å². The SMILES string of the molecule is Cn1cc(Br)cc1C(=O)NCCCOC1CCC(N)CC1. The van der Waals surface area contributed by atoms with Gasteiger partial charge in [-0.05, 0) is 54.1 Å². The molecule has 1 fully saturated rings. The third kappa shape index (κ3) is 5.13. The predicted molar refractivity (Wildman–Crippen MR) is 86.2 cm³/mol. The van der Waals surface area contributed by atoms with Gasteiger partial charge in [0.1, 0.15) is 5.69 Å². The second kappa shape index (κ2) is 7.96. The average molecular weight is 358 g/mol. The molecule has 118 valence electrons.